The molecule has 0 spiro atoms. The average Bonchev–Trinajstić information content (AvgIpc) is 3.95. The summed E-state index contributed by atoms with van der Waals surface area (Å²) in [4.78, 5) is 11.7. The normalized spacial score (nSPS) is 12.1. The molecule has 0 radical (unpaired) electrons. The molecule has 12 rings (SSSR count). The van der Waals surface area contributed by atoms with E-state index in [0.29, 0.717) is 0 Å². The van der Waals surface area contributed by atoms with E-state index in [2.05, 4.69) is 203 Å². The molecule has 5 nitrogen and oxygen atoms in total. The summed E-state index contributed by atoms with van der Waals surface area (Å²) in [5, 5.41) is 10.5. The molecule has 0 fully saturated rings. The minimum absolute atomic E-state index is 0.799. The van der Waals surface area contributed by atoms with Gasteiger partial charge in [0.15, 0.2) is 0 Å². The Labute approximate surface area is 334 Å². The number of nitrogens with zero attached hydrogens (tertiary/aromatic N) is 4. The van der Waals surface area contributed by atoms with Gasteiger partial charge >= 0.3 is 0 Å². The Morgan fingerprint density at radius 1 is 0.328 bits per heavy atom. The van der Waals surface area contributed by atoms with Crippen LogP contribution in [0.25, 0.3) is 77.2 Å². The van der Waals surface area contributed by atoms with Crippen molar-refractivity contribution in [3.63, 3.8) is 0 Å². The monoisotopic (exact) mass is 758 g/mol. The summed E-state index contributed by atoms with van der Waals surface area (Å²) in [6.45, 7) is 0. The summed E-state index contributed by atoms with van der Waals surface area (Å²) >= 11 is 0. The van der Waals surface area contributed by atoms with Gasteiger partial charge in [-0.05, 0) is 52.0 Å². The van der Waals surface area contributed by atoms with Crippen LogP contribution in [0.5, 0.6) is 0 Å². The Morgan fingerprint density at radius 2 is 0.724 bits per heavy atom. The molecule has 0 aliphatic heterocycles. The Bertz CT molecular complexity index is 3250. The molecule has 0 unspecified atom stereocenters. The van der Waals surface area contributed by atoms with Gasteiger partial charge in [-0.25, -0.2) is 9.97 Å². The summed E-state index contributed by atoms with van der Waals surface area (Å²) in [6, 6.07) is 73.7. The van der Waals surface area contributed by atoms with Crippen molar-refractivity contribution in [2.75, 3.05) is 0 Å². The number of fused-ring (bicyclic) bond motifs is 9. The van der Waals surface area contributed by atoms with Gasteiger partial charge in [0.05, 0.1) is 22.1 Å². The van der Waals surface area contributed by atoms with Crippen molar-refractivity contribution in [1.29, 1.82) is 0 Å². The van der Waals surface area contributed by atoms with Crippen molar-refractivity contribution in [2.24, 2.45) is 0 Å². The zero-order chi connectivity index (χ0) is 38.2. The Balaban J connectivity index is 1.28. The average molecular weight is 759 g/mol. The van der Waals surface area contributed by atoms with Gasteiger partial charge in [-0.1, -0.05) is 164 Å². The second-order valence-electron chi connectivity index (χ2n) is 14.9. The quantitative estimate of drug-likeness (QED) is 0.125. The van der Waals surface area contributed by atoms with E-state index < -0.39 is 8.07 Å². The topological polar surface area (TPSA) is 48.8 Å². The second kappa shape index (κ2) is 12.7. The fraction of sp³-hybridized carbons (Fsp3) is 0. The number of hydrogen-bond donors (Lipinski definition) is 0. The lowest BCUT2D eigenvalue weighted by molar-refractivity contribution is 0.669. The van der Waals surface area contributed by atoms with Gasteiger partial charge in [0.1, 0.15) is 28.2 Å². The van der Waals surface area contributed by atoms with E-state index in [4.69, 9.17) is 14.4 Å². The maximum atomic E-state index is 6.41. The van der Waals surface area contributed by atoms with Crippen molar-refractivity contribution in [1.82, 2.24) is 19.1 Å². The zero-order valence-corrected chi connectivity index (χ0v) is 32.3. The van der Waals surface area contributed by atoms with Gasteiger partial charge in [-0.2, -0.15) is 0 Å². The highest BCUT2D eigenvalue weighted by atomic mass is 28.3. The molecule has 0 saturated heterocycles. The van der Waals surface area contributed by atoms with Crippen molar-refractivity contribution < 1.29 is 4.42 Å². The van der Waals surface area contributed by atoms with Crippen LogP contribution in [0.15, 0.2) is 211 Å². The molecular weight excluding hydrogens is 725 g/mol. The van der Waals surface area contributed by atoms with E-state index in [9.17, 15) is 0 Å². The number of benzene rings is 8. The smallest absolute Gasteiger partial charge is 0.226 e. The molecule has 0 aliphatic rings. The van der Waals surface area contributed by atoms with Crippen LogP contribution in [0, 0.1) is 0 Å². The lowest BCUT2D eigenvalue weighted by atomic mass is 10.1. The summed E-state index contributed by atoms with van der Waals surface area (Å²) < 4.78 is 11.1. The number of rotatable bonds is 6. The van der Waals surface area contributed by atoms with E-state index in [1.165, 1.54) is 37.1 Å². The summed E-state index contributed by atoms with van der Waals surface area (Å²) in [5.74, 6) is 1.63. The van der Waals surface area contributed by atoms with Crippen LogP contribution in [0.2, 0.25) is 0 Å². The molecule has 0 saturated carbocycles. The van der Waals surface area contributed by atoms with E-state index in [1.54, 1.807) is 0 Å². The molecule has 4 heterocycles. The molecular formula is C52H34N4OSi. The summed E-state index contributed by atoms with van der Waals surface area (Å²) in [6.07, 6.45) is 0. The first-order valence-electron chi connectivity index (χ1n) is 19.7. The highest BCUT2D eigenvalue weighted by Gasteiger charge is 2.45. The number of hydrogen-bond acceptors (Lipinski definition) is 3. The highest BCUT2D eigenvalue weighted by molar-refractivity contribution is 7.19. The molecule has 0 amide bonds. The molecule has 6 heteroatoms. The van der Waals surface area contributed by atoms with Gasteiger partial charge in [-0.15, -0.1) is 0 Å². The van der Waals surface area contributed by atoms with Gasteiger partial charge in [0.2, 0.25) is 8.07 Å². The van der Waals surface area contributed by atoms with Crippen LogP contribution in [0.4, 0.5) is 0 Å². The fourth-order valence-electron chi connectivity index (χ4n) is 9.38. The maximum absolute atomic E-state index is 6.41. The van der Waals surface area contributed by atoms with Crippen LogP contribution in [-0.4, -0.2) is 27.2 Å². The third-order valence-corrected chi connectivity index (χ3v) is 16.3. The standard InChI is InChI=1S/C52H34N4OSi/c1-3-17-35(18-4-1)58(36-19-5-2-6-20-36,37-31-32-49-43(33-37)42-25-11-16-30-48(42)57-49)52-53-50(55-44-26-12-7-21-38(44)39-22-8-13-27-45(39)55)34-51(54-52)56-46-28-14-9-23-40(46)41-24-10-15-29-47(41)56/h1-34H. The van der Waals surface area contributed by atoms with E-state index in [1.807, 2.05) is 12.1 Å². The lowest BCUT2D eigenvalue weighted by Crippen LogP contribution is -2.76. The Kier molecular flexibility index (Phi) is 7.18. The SMILES string of the molecule is c1ccc([Si](c2ccccc2)(c2ccc3oc4ccccc4c3c2)c2nc(-n3c4ccccc4c4ccccc43)cc(-n3c4ccccc4c4ccccc43)n2)cc1. The van der Waals surface area contributed by atoms with E-state index in [0.717, 1.165) is 61.1 Å². The summed E-state index contributed by atoms with van der Waals surface area (Å²) in [5.41, 5.74) is 6.92. The molecule has 8 aromatic carbocycles. The molecule has 0 aliphatic carbocycles. The van der Waals surface area contributed by atoms with Crippen LogP contribution in [0.3, 0.4) is 0 Å². The van der Waals surface area contributed by atoms with Gasteiger partial charge in [0, 0.05) is 38.4 Å². The van der Waals surface area contributed by atoms with Crippen molar-refractivity contribution >= 4 is 94.6 Å². The van der Waals surface area contributed by atoms with Gasteiger partial charge in [0.25, 0.3) is 0 Å². The third-order valence-electron chi connectivity index (χ3n) is 11.9. The van der Waals surface area contributed by atoms with Crippen molar-refractivity contribution in [3.05, 3.63) is 206 Å². The van der Waals surface area contributed by atoms with E-state index >= 15 is 0 Å². The third kappa shape index (κ3) is 4.70. The Hall–Kier alpha value is -7.54. The van der Waals surface area contributed by atoms with Gasteiger partial charge < -0.3 is 4.42 Å². The van der Waals surface area contributed by atoms with Crippen LogP contribution < -0.4 is 21.0 Å². The molecule has 272 valence electrons. The van der Waals surface area contributed by atoms with E-state index in [-0.39, 0.29) is 0 Å². The minimum Gasteiger partial charge on any atom is -0.456 e. The first-order chi connectivity index (χ1) is 28.8. The largest absolute Gasteiger partial charge is 0.456 e. The molecule has 0 bridgehead atoms. The van der Waals surface area contributed by atoms with Crippen LogP contribution in [0.1, 0.15) is 0 Å². The minimum atomic E-state index is -3.33. The molecule has 12 aromatic rings. The zero-order valence-electron chi connectivity index (χ0n) is 31.3. The lowest BCUT2D eigenvalue weighted by Gasteiger charge is -2.32. The van der Waals surface area contributed by atoms with Crippen molar-refractivity contribution in [2.45, 2.75) is 0 Å². The molecule has 4 aromatic heterocycles. The molecule has 58 heavy (non-hydrogen) atoms. The molecule has 0 atom stereocenters. The number of para-hydroxylation sites is 5. The first kappa shape index (κ1) is 32.7. The van der Waals surface area contributed by atoms with Gasteiger partial charge in [-0.3, -0.25) is 9.13 Å². The molecule has 0 N–H and O–H groups in total. The number of furan rings is 1. The van der Waals surface area contributed by atoms with Crippen LogP contribution >= 0.6 is 0 Å². The Morgan fingerprint density at radius 3 is 1.21 bits per heavy atom. The maximum Gasteiger partial charge on any atom is 0.226 e. The second-order valence-corrected chi connectivity index (χ2v) is 18.6. The predicted octanol–water partition coefficient (Wildman–Crippen LogP) is 9.95. The first-order valence-corrected chi connectivity index (χ1v) is 21.7. The fourth-order valence-corrected chi connectivity index (χ4v) is 13.8. The summed E-state index contributed by atoms with van der Waals surface area (Å²) in [7, 11) is -3.33. The number of aromatic nitrogens is 4. The highest BCUT2D eigenvalue weighted by Crippen LogP contribution is 2.35. The van der Waals surface area contributed by atoms with Crippen LogP contribution in [-0.2, 0) is 0 Å². The predicted molar refractivity (Wildman–Crippen MR) is 242 cm³/mol. The van der Waals surface area contributed by atoms with Crippen molar-refractivity contribution in [3.8, 4) is 11.6 Å².